The highest BCUT2D eigenvalue weighted by Crippen LogP contribution is 2.15. The van der Waals surface area contributed by atoms with E-state index in [9.17, 15) is 4.79 Å². The van der Waals surface area contributed by atoms with Crippen LogP contribution < -0.4 is 10.6 Å². The summed E-state index contributed by atoms with van der Waals surface area (Å²) in [4.78, 5) is 11.8. The number of phenolic OH excluding ortho intramolecular Hbond substituents is 1. The molecular formula is C12H16N2O2. The zero-order valence-electron chi connectivity index (χ0n) is 9.07. The maximum atomic E-state index is 11.8. The second kappa shape index (κ2) is 4.99. The molecule has 4 heteroatoms. The minimum atomic E-state index is -0.0810. The van der Waals surface area contributed by atoms with Gasteiger partial charge in [-0.15, -0.1) is 0 Å². The van der Waals surface area contributed by atoms with E-state index in [1.54, 1.807) is 24.3 Å². The van der Waals surface area contributed by atoms with Crippen LogP contribution in [0.1, 0.15) is 19.3 Å². The normalized spacial score (nSPS) is 20.4. The van der Waals surface area contributed by atoms with Crippen LogP contribution in [0, 0.1) is 0 Å². The molecule has 0 saturated carbocycles. The van der Waals surface area contributed by atoms with Gasteiger partial charge >= 0.3 is 0 Å². The number of hydrogen-bond donors (Lipinski definition) is 3. The van der Waals surface area contributed by atoms with Crippen molar-refractivity contribution in [2.45, 2.75) is 25.3 Å². The fourth-order valence-electron chi connectivity index (χ4n) is 1.85. The van der Waals surface area contributed by atoms with E-state index < -0.39 is 0 Å². The first kappa shape index (κ1) is 11.0. The smallest absolute Gasteiger partial charge is 0.241 e. The summed E-state index contributed by atoms with van der Waals surface area (Å²) in [6.45, 7) is 0.910. The lowest BCUT2D eigenvalue weighted by molar-refractivity contribution is -0.118. The summed E-state index contributed by atoms with van der Waals surface area (Å²) in [6.07, 6.45) is 3.13. The van der Waals surface area contributed by atoms with Crippen LogP contribution in [0.4, 0.5) is 5.69 Å². The van der Waals surface area contributed by atoms with Gasteiger partial charge in [0.25, 0.3) is 0 Å². The predicted octanol–water partition coefficient (Wildman–Crippen LogP) is 1.47. The van der Waals surface area contributed by atoms with Gasteiger partial charge < -0.3 is 15.7 Å². The van der Waals surface area contributed by atoms with Crippen molar-refractivity contribution in [1.82, 2.24) is 5.32 Å². The standard InChI is InChI=1S/C12H16N2O2/c15-10-6-4-9(5-7-10)14-12(16)11-3-1-2-8-13-11/h4-7,11,13,15H,1-3,8H2,(H,14,16)/t11-/m1/s1. The van der Waals surface area contributed by atoms with Gasteiger partial charge in [-0.1, -0.05) is 6.42 Å². The van der Waals surface area contributed by atoms with Crippen molar-refractivity contribution in [2.75, 3.05) is 11.9 Å². The Bertz CT molecular complexity index is 356. The Morgan fingerprint density at radius 3 is 2.69 bits per heavy atom. The zero-order valence-corrected chi connectivity index (χ0v) is 9.07. The summed E-state index contributed by atoms with van der Waals surface area (Å²) in [5.41, 5.74) is 0.718. The van der Waals surface area contributed by atoms with Gasteiger partial charge in [-0.05, 0) is 43.7 Å². The topological polar surface area (TPSA) is 61.4 Å². The molecule has 2 rings (SSSR count). The molecule has 4 nitrogen and oxygen atoms in total. The van der Waals surface area contributed by atoms with Crippen LogP contribution in [-0.2, 0) is 4.79 Å². The molecule has 1 aromatic rings. The highest BCUT2D eigenvalue weighted by molar-refractivity contribution is 5.94. The maximum absolute atomic E-state index is 11.8. The van der Waals surface area contributed by atoms with Crippen LogP contribution in [0.25, 0.3) is 0 Å². The fourth-order valence-corrected chi connectivity index (χ4v) is 1.85. The van der Waals surface area contributed by atoms with Crippen molar-refractivity contribution in [2.24, 2.45) is 0 Å². The number of piperidine rings is 1. The molecule has 3 N–H and O–H groups in total. The highest BCUT2D eigenvalue weighted by atomic mass is 16.3. The van der Waals surface area contributed by atoms with Crippen molar-refractivity contribution in [1.29, 1.82) is 0 Å². The lowest BCUT2D eigenvalue weighted by Gasteiger charge is -2.22. The lowest BCUT2D eigenvalue weighted by atomic mass is 10.0. The van der Waals surface area contributed by atoms with Gasteiger partial charge in [0.1, 0.15) is 5.75 Å². The third-order valence-electron chi connectivity index (χ3n) is 2.76. The molecule has 0 aromatic heterocycles. The number of amides is 1. The first-order valence-corrected chi connectivity index (χ1v) is 5.59. The van der Waals surface area contributed by atoms with Crippen molar-refractivity contribution in [3.05, 3.63) is 24.3 Å². The molecule has 16 heavy (non-hydrogen) atoms. The van der Waals surface area contributed by atoms with Gasteiger partial charge in [0.05, 0.1) is 6.04 Å². The van der Waals surface area contributed by atoms with Gasteiger partial charge in [0, 0.05) is 5.69 Å². The second-order valence-corrected chi connectivity index (χ2v) is 4.04. The summed E-state index contributed by atoms with van der Waals surface area (Å²) in [5.74, 6) is 0.208. The number of benzene rings is 1. The Morgan fingerprint density at radius 2 is 2.06 bits per heavy atom. The molecule has 1 atom stereocenters. The van der Waals surface area contributed by atoms with E-state index in [0.717, 1.165) is 31.5 Å². The molecule has 1 aliphatic heterocycles. The van der Waals surface area contributed by atoms with Gasteiger partial charge in [0.2, 0.25) is 5.91 Å². The number of nitrogens with one attached hydrogen (secondary N) is 2. The SMILES string of the molecule is O=C(Nc1ccc(O)cc1)[C@H]1CCCCN1. The minimum absolute atomic E-state index is 0.00499. The molecule has 1 amide bonds. The fraction of sp³-hybridized carbons (Fsp3) is 0.417. The molecule has 86 valence electrons. The number of rotatable bonds is 2. The largest absolute Gasteiger partial charge is 0.508 e. The van der Waals surface area contributed by atoms with Crippen LogP contribution in [-0.4, -0.2) is 23.6 Å². The Labute approximate surface area is 94.7 Å². The Hall–Kier alpha value is -1.55. The van der Waals surface area contributed by atoms with Gasteiger partial charge in [-0.3, -0.25) is 4.79 Å². The second-order valence-electron chi connectivity index (χ2n) is 4.04. The van der Waals surface area contributed by atoms with Gasteiger partial charge in [-0.25, -0.2) is 0 Å². The quantitative estimate of drug-likeness (QED) is 0.661. The Morgan fingerprint density at radius 1 is 1.31 bits per heavy atom. The summed E-state index contributed by atoms with van der Waals surface area (Å²) in [6, 6.07) is 6.42. The van der Waals surface area contributed by atoms with Crippen LogP contribution >= 0.6 is 0 Å². The van der Waals surface area contributed by atoms with Crippen LogP contribution in [0.2, 0.25) is 0 Å². The van der Waals surface area contributed by atoms with E-state index in [4.69, 9.17) is 5.11 Å². The van der Waals surface area contributed by atoms with Gasteiger partial charge in [0.15, 0.2) is 0 Å². The van der Waals surface area contributed by atoms with Gasteiger partial charge in [-0.2, -0.15) is 0 Å². The Kier molecular flexibility index (Phi) is 3.41. The molecule has 1 aliphatic rings. The summed E-state index contributed by atoms with van der Waals surface area (Å²) >= 11 is 0. The molecule has 1 heterocycles. The van der Waals surface area contributed by atoms with E-state index in [1.807, 2.05) is 0 Å². The number of hydrogen-bond acceptors (Lipinski definition) is 3. The van der Waals surface area contributed by atoms with Crippen molar-refractivity contribution in [3.8, 4) is 5.75 Å². The average molecular weight is 220 g/mol. The van der Waals surface area contributed by atoms with Crippen molar-refractivity contribution in [3.63, 3.8) is 0 Å². The number of aromatic hydroxyl groups is 1. The molecule has 0 radical (unpaired) electrons. The van der Waals surface area contributed by atoms with E-state index in [-0.39, 0.29) is 17.7 Å². The average Bonchev–Trinajstić information content (AvgIpc) is 2.33. The van der Waals surface area contributed by atoms with Crippen LogP contribution in [0.5, 0.6) is 5.75 Å². The van der Waals surface area contributed by atoms with Crippen molar-refractivity contribution >= 4 is 11.6 Å². The summed E-state index contributed by atoms with van der Waals surface area (Å²) < 4.78 is 0. The molecule has 1 saturated heterocycles. The van der Waals surface area contributed by atoms with Crippen LogP contribution in [0.15, 0.2) is 24.3 Å². The molecule has 0 unspecified atom stereocenters. The first-order valence-electron chi connectivity index (χ1n) is 5.59. The third kappa shape index (κ3) is 2.73. The highest BCUT2D eigenvalue weighted by Gasteiger charge is 2.20. The number of carbonyl (C=O) groups is 1. The molecule has 1 fully saturated rings. The minimum Gasteiger partial charge on any atom is -0.508 e. The molecule has 0 bridgehead atoms. The first-order chi connectivity index (χ1) is 7.75. The molecular weight excluding hydrogens is 204 g/mol. The summed E-state index contributed by atoms with van der Waals surface area (Å²) in [7, 11) is 0. The number of carbonyl (C=O) groups excluding carboxylic acids is 1. The maximum Gasteiger partial charge on any atom is 0.241 e. The van der Waals surface area contributed by atoms with E-state index in [1.165, 1.54) is 0 Å². The lowest BCUT2D eigenvalue weighted by Crippen LogP contribution is -2.43. The van der Waals surface area contributed by atoms with Crippen LogP contribution in [0.3, 0.4) is 0 Å². The number of phenols is 1. The predicted molar refractivity (Wildman–Crippen MR) is 62.4 cm³/mol. The number of anilines is 1. The van der Waals surface area contributed by atoms with E-state index >= 15 is 0 Å². The molecule has 0 spiro atoms. The van der Waals surface area contributed by atoms with E-state index in [0.29, 0.717) is 0 Å². The molecule has 0 aliphatic carbocycles. The Balaban J connectivity index is 1.93. The molecule has 1 aromatic carbocycles. The summed E-state index contributed by atoms with van der Waals surface area (Å²) in [5, 5.41) is 15.1. The third-order valence-corrected chi connectivity index (χ3v) is 2.76. The monoisotopic (exact) mass is 220 g/mol. The zero-order chi connectivity index (χ0) is 11.4. The van der Waals surface area contributed by atoms with Crippen molar-refractivity contribution < 1.29 is 9.90 Å². The van der Waals surface area contributed by atoms with E-state index in [2.05, 4.69) is 10.6 Å².